The van der Waals surface area contributed by atoms with E-state index in [1.165, 1.54) is 0 Å². The van der Waals surface area contributed by atoms with Crippen molar-refractivity contribution in [1.29, 1.82) is 0 Å². The lowest BCUT2D eigenvalue weighted by molar-refractivity contribution is -0.140. The molecule has 0 aromatic carbocycles. The van der Waals surface area contributed by atoms with Crippen LogP contribution < -0.4 is 5.32 Å². The van der Waals surface area contributed by atoms with Gasteiger partial charge in [0.1, 0.15) is 0 Å². The van der Waals surface area contributed by atoms with Gasteiger partial charge in [0.25, 0.3) is 0 Å². The SMILES string of the molecule is CCNC(=O)CN1CCCN(C(=O)CN2CCCCCC2=O)CC1. The predicted molar refractivity (Wildman–Crippen MR) is 91.4 cm³/mol. The van der Waals surface area contributed by atoms with Crippen molar-refractivity contribution in [2.24, 2.45) is 0 Å². The van der Waals surface area contributed by atoms with Crippen molar-refractivity contribution in [3.63, 3.8) is 0 Å². The van der Waals surface area contributed by atoms with Gasteiger partial charge >= 0.3 is 0 Å². The van der Waals surface area contributed by atoms with Crippen molar-refractivity contribution in [3.05, 3.63) is 0 Å². The van der Waals surface area contributed by atoms with Gasteiger partial charge in [0, 0.05) is 45.7 Å². The number of nitrogens with one attached hydrogen (secondary N) is 1. The topological polar surface area (TPSA) is 73.0 Å². The lowest BCUT2D eigenvalue weighted by atomic mass is 10.2. The lowest BCUT2D eigenvalue weighted by Gasteiger charge is -2.26. The Morgan fingerprint density at radius 3 is 2.58 bits per heavy atom. The van der Waals surface area contributed by atoms with E-state index in [0.29, 0.717) is 45.7 Å². The number of likely N-dealkylation sites (N-methyl/N-ethyl adjacent to an activating group) is 1. The van der Waals surface area contributed by atoms with Crippen LogP contribution in [0, 0.1) is 0 Å². The summed E-state index contributed by atoms with van der Waals surface area (Å²) in [6.07, 6.45) is 4.41. The monoisotopic (exact) mass is 338 g/mol. The summed E-state index contributed by atoms with van der Waals surface area (Å²) >= 11 is 0. The third kappa shape index (κ3) is 5.78. The summed E-state index contributed by atoms with van der Waals surface area (Å²) in [4.78, 5) is 41.9. The maximum atomic E-state index is 12.5. The second-order valence-electron chi connectivity index (χ2n) is 6.59. The molecule has 0 radical (unpaired) electrons. The Hall–Kier alpha value is -1.63. The van der Waals surface area contributed by atoms with Crippen LogP contribution in [0.4, 0.5) is 0 Å². The van der Waals surface area contributed by atoms with Gasteiger partial charge in [-0.2, -0.15) is 0 Å². The fourth-order valence-corrected chi connectivity index (χ4v) is 3.30. The van der Waals surface area contributed by atoms with Gasteiger partial charge in [0.2, 0.25) is 17.7 Å². The van der Waals surface area contributed by atoms with Gasteiger partial charge in [-0.15, -0.1) is 0 Å². The van der Waals surface area contributed by atoms with E-state index in [2.05, 4.69) is 10.2 Å². The van der Waals surface area contributed by atoms with E-state index >= 15 is 0 Å². The first-order valence-corrected chi connectivity index (χ1v) is 9.14. The fourth-order valence-electron chi connectivity index (χ4n) is 3.30. The molecule has 0 aliphatic carbocycles. The molecule has 7 nitrogen and oxygen atoms in total. The quantitative estimate of drug-likeness (QED) is 0.769. The van der Waals surface area contributed by atoms with Crippen LogP contribution in [0.25, 0.3) is 0 Å². The molecule has 2 aliphatic rings. The first-order valence-electron chi connectivity index (χ1n) is 9.14. The standard InChI is InChI=1S/C17H30N4O3/c1-2-18-15(22)13-19-8-6-10-20(12-11-19)17(24)14-21-9-5-3-4-7-16(21)23/h2-14H2,1H3,(H,18,22). The van der Waals surface area contributed by atoms with Crippen LogP contribution >= 0.6 is 0 Å². The highest BCUT2D eigenvalue weighted by Gasteiger charge is 2.24. The Morgan fingerprint density at radius 1 is 0.958 bits per heavy atom. The Labute approximate surface area is 144 Å². The summed E-state index contributed by atoms with van der Waals surface area (Å²) in [5, 5.41) is 2.81. The molecule has 2 rings (SSSR count). The number of amides is 3. The highest BCUT2D eigenvalue weighted by molar-refractivity contribution is 5.85. The van der Waals surface area contributed by atoms with Gasteiger partial charge in [-0.3, -0.25) is 19.3 Å². The van der Waals surface area contributed by atoms with Gasteiger partial charge in [0.15, 0.2) is 0 Å². The number of rotatable bonds is 5. The zero-order chi connectivity index (χ0) is 17.4. The smallest absolute Gasteiger partial charge is 0.242 e. The van der Waals surface area contributed by atoms with Crippen molar-refractivity contribution in [3.8, 4) is 0 Å². The van der Waals surface area contributed by atoms with Crippen molar-refractivity contribution >= 4 is 17.7 Å². The molecule has 0 spiro atoms. The van der Waals surface area contributed by atoms with Gasteiger partial charge in [-0.25, -0.2) is 0 Å². The largest absolute Gasteiger partial charge is 0.355 e. The normalized spacial score (nSPS) is 20.5. The van der Waals surface area contributed by atoms with Crippen molar-refractivity contribution in [2.45, 2.75) is 39.0 Å². The Morgan fingerprint density at radius 2 is 1.79 bits per heavy atom. The second kappa shape index (κ2) is 9.61. The van der Waals surface area contributed by atoms with Gasteiger partial charge in [0.05, 0.1) is 13.1 Å². The zero-order valence-corrected chi connectivity index (χ0v) is 14.8. The minimum Gasteiger partial charge on any atom is -0.355 e. The number of hydrogen-bond acceptors (Lipinski definition) is 4. The van der Waals surface area contributed by atoms with Crippen LogP contribution in [0.3, 0.4) is 0 Å². The number of likely N-dealkylation sites (tertiary alicyclic amines) is 1. The zero-order valence-electron chi connectivity index (χ0n) is 14.8. The minimum atomic E-state index is 0.0325. The molecule has 2 heterocycles. The molecular weight excluding hydrogens is 308 g/mol. The Kier molecular flexibility index (Phi) is 7.49. The van der Waals surface area contributed by atoms with Crippen LogP contribution in [0.15, 0.2) is 0 Å². The van der Waals surface area contributed by atoms with E-state index in [-0.39, 0.29) is 24.3 Å². The van der Waals surface area contributed by atoms with Gasteiger partial charge in [-0.1, -0.05) is 6.42 Å². The van der Waals surface area contributed by atoms with E-state index in [9.17, 15) is 14.4 Å². The highest BCUT2D eigenvalue weighted by Crippen LogP contribution is 2.12. The lowest BCUT2D eigenvalue weighted by Crippen LogP contribution is -2.44. The molecule has 136 valence electrons. The number of nitrogens with zero attached hydrogens (tertiary/aromatic N) is 3. The maximum absolute atomic E-state index is 12.5. The van der Waals surface area contributed by atoms with E-state index in [1.807, 2.05) is 11.8 Å². The first-order chi connectivity index (χ1) is 11.6. The van der Waals surface area contributed by atoms with E-state index in [0.717, 1.165) is 32.2 Å². The Balaban J connectivity index is 1.80. The molecule has 0 aromatic rings. The van der Waals surface area contributed by atoms with Gasteiger partial charge < -0.3 is 15.1 Å². The molecule has 3 amide bonds. The van der Waals surface area contributed by atoms with Gasteiger partial charge in [-0.05, 0) is 26.2 Å². The summed E-state index contributed by atoms with van der Waals surface area (Å²) in [5.41, 5.74) is 0. The van der Waals surface area contributed by atoms with Crippen LogP contribution in [-0.2, 0) is 14.4 Å². The molecule has 0 aromatic heterocycles. The molecule has 2 aliphatic heterocycles. The average Bonchev–Trinajstić information content (AvgIpc) is 2.89. The Bertz CT molecular complexity index is 455. The predicted octanol–water partition coefficient (Wildman–Crippen LogP) is 0.0594. The molecule has 7 heteroatoms. The molecule has 0 unspecified atom stereocenters. The van der Waals surface area contributed by atoms with E-state index < -0.39 is 0 Å². The fraction of sp³-hybridized carbons (Fsp3) is 0.824. The maximum Gasteiger partial charge on any atom is 0.242 e. The highest BCUT2D eigenvalue weighted by atomic mass is 16.2. The summed E-state index contributed by atoms with van der Waals surface area (Å²) in [6.45, 7) is 6.69. The van der Waals surface area contributed by atoms with E-state index in [4.69, 9.17) is 0 Å². The number of carbonyl (C=O) groups excluding carboxylic acids is 3. The molecule has 1 N–H and O–H groups in total. The summed E-state index contributed by atoms with van der Waals surface area (Å²) < 4.78 is 0. The number of carbonyl (C=O) groups is 3. The number of hydrogen-bond donors (Lipinski definition) is 1. The molecule has 2 saturated heterocycles. The first kappa shape index (κ1) is 18.7. The summed E-state index contributed by atoms with van der Waals surface area (Å²) in [5.74, 6) is 0.172. The molecule has 0 bridgehead atoms. The van der Waals surface area contributed by atoms with Crippen LogP contribution in [0.1, 0.15) is 39.0 Å². The second-order valence-corrected chi connectivity index (χ2v) is 6.59. The summed E-state index contributed by atoms with van der Waals surface area (Å²) in [7, 11) is 0. The van der Waals surface area contributed by atoms with Crippen molar-refractivity contribution in [2.75, 3.05) is 52.4 Å². The molecule has 2 fully saturated rings. The molecule has 0 saturated carbocycles. The van der Waals surface area contributed by atoms with Crippen LogP contribution in [0.5, 0.6) is 0 Å². The van der Waals surface area contributed by atoms with Crippen molar-refractivity contribution in [1.82, 2.24) is 20.0 Å². The van der Waals surface area contributed by atoms with Crippen LogP contribution in [-0.4, -0.2) is 84.8 Å². The third-order valence-electron chi connectivity index (χ3n) is 4.68. The average molecular weight is 338 g/mol. The van der Waals surface area contributed by atoms with Crippen LogP contribution in [0.2, 0.25) is 0 Å². The van der Waals surface area contributed by atoms with Crippen molar-refractivity contribution < 1.29 is 14.4 Å². The molecule has 0 atom stereocenters. The molecule has 24 heavy (non-hydrogen) atoms. The third-order valence-corrected chi connectivity index (χ3v) is 4.68. The van der Waals surface area contributed by atoms with E-state index in [1.54, 1.807) is 4.90 Å². The summed E-state index contributed by atoms with van der Waals surface area (Å²) in [6, 6.07) is 0. The minimum absolute atomic E-state index is 0.0325. The molecular formula is C17H30N4O3.